The van der Waals surface area contributed by atoms with Crippen LogP contribution in [0.4, 0.5) is 15.8 Å². The Bertz CT molecular complexity index is 1120. The molecule has 0 bridgehead atoms. The topological polar surface area (TPSA) is 75.3 Å². The molecule has 0 spiro atoms. The van der Waals surface area contributed by atoms with E-state index in [2.05, 4.69) is 10.0 Å². The van der Waals surface area contributed by atoms with Crippen molar-refractivity contribution in [3.63, 3.8) is 0 Å². The van der Waals surface area contributed by atoms with Gasteiger partial charge in [-0.05, 0) is 55.5 Å². The lowest BCUT2D eigenvalue weighted by molar-refractivity contribution is -0.115. The first-order valence-electron chi connectivity index (χ1n) is 9.20. The zero-order chi connectivity index (χ0) is 21.6. The molecule has 156 valence electrons. The van der Waals surface area contributed by atoms with Gasteiger partial charge in [-0.2, -0.15) is 0 Å². The van der Waals surface area contributed by atoms with Crippen LogP contribution in [-0.2, 0) is 14.8 Å². The van der Waals surface area contributed by atoms with Crippen molar-refractivity contribution < 1.29 is 17.6 Å². The molecule has 0 unspecified atom stereocenters. The molecule has 1 amide bonds. The van der Waals surface area contributed by atoms with Crippen molar-refractivity contribution in [2.24, 2.45) is 0 Å². The molecule has 0 fully saturated rings. The van der Waals surface area contributed by atoms with Crippen molar-refractivity contribution in [2.75, 3.05) is 15.8 Å². The van der Waals surface area contributed by atoms with Gasteiger partial charge in [0.25, 0.3) is 10.0 Å². The summed E-state index contributed by atoms with van der Waals surface area (Å²) in [6, 6.07) is 19.3. The van der Waals surface area contributed by atoms with Crippen LogP contribution in [0.3, 0.4) is 0 Å². The van der Waals surface area contributed by atoms with E-state index in [0.717, 1.165) is 4.90 Å². The van der Waals surface area contributed by atoms with Gasteiger partial charge in [0.2, 0.25) is 5.91 Å². The van der Waals surface area contributed by atoms with Gasteiger partial charge in [-0.15, -0.1) is 11.8 Å². The second kappa shape index (κ2) is 9.77. The number of amides is 1. The molecule has 0 aromatic heterocycles. The molecule has 30 heavy (non-hydrogen) atoms. The number of anilines is 2. The highest BCUT2D eigenvalue weighted by atomic mass is 32.2. The fraction of sp³-hybridized carbons (Fsp3) is 0.136. The molecule has 0 atom stereocenters. The molecule has 3 aromatic carbocycles. The van der Waals surface area contributed by atoms with Crippen LogP contribution < -0.4 is 10.0 Å². The largest absolute Gasteiger partial charge is 0.326 e. The maximum absolute atomic E-state index is 13.7. The maximum atomic E-state index is 13.7. The third-order valence-electron chi connectivity index (χ3n) is 4.19. The molecular weight excluding hydrogens is 423 g/mol. The molecule has 0 saturated heterocycles. The smallest absolute Gasteiger partial charge is 0.261 e. The van der Waals surface area contributed by atoms with Crippen LogP contribution in [0, 0.1) is 12.7 Å². The molecule has 0 heterocycles. The van der Waals surface area contributed by atoms with Gasteiger partial charge in [0.05, 0.1) is 10.6 Å². The summed E-state index contributed by atoms with van der Waals surface area (Å²) >= 11 is 1.60. The van der Waals surface area contributed by atoms with Gasteiger partial charge in [0, 0.05) is 22.8 Å². The third-order valence-corrected chi connectivity index (χ3v) is 6.58. The number of hydrogen-bond acceptors (Lipinski definition) is 4. The summed E-state index contributed by atoms with van der Waals surface area (Å²) < 4.78 is 40.7. The second-order valence-corrected chi connectivity index (χ2v) is 9.42. The Morgan fingerprint density at radius 3 is 2.30 bits per heavy atom. The zero-order valence-corrected chi connectivity index (χ0v) is 17.9. The normalized spacial score (nSPS) is 11.1. The Kier molecular flexibility index (Phi) is 7.12. The summed E-state index contributed by atoms with van der Waals surface area (Å²) in [5, 5.41) is 2.75. The average molecular weight is 445 g/mol. The van der Waals surface area contributed by atoms with Crippen LogP contribution >= 0.6 is 11.8 Å². The Morgan fingerprint density at radius 1 is 0.967 bits per heavy atom. The molecular formula is C22H21FN2O3S2. The Balaban J connectivity index is 1.54. The predicted molar refractivity (Wildman–Crippen MR) is 119 cm³/mol. The van der Waals surface area contributed by atoms with Crippen LogP contribution in [0.2, 0.25) is 0 Å². The van der Waals surface area contributed by atoms with Gasteiger partial charge in [-0.3, -0.25) is 9.52 Å². The fourth-order valence-electron chi connectivity index (χ4n) is 2.58. The summed E-state index contributed by atoms with van der Waals surface area (Å²) in [5.74, 6) is -0.184. The number of rotatable bonds is 8. The van der Waals surface area contributed by atoms with E-state index in [4.69, 9.17) is 0 Å². The van der Waals surface area contributed by atoms with Crippen molar-refractivity contribution in [1.82, 2.24) is 0 Å². The van der Waals surface area contributed by atoms with E-state index in [-0.39, 0.29) is 16.5 Å². The summed E-state index contributed by atoms with van der Waals surface area (Å²) in [5.41, 5.74) is 1.55. The number of hydrogen-bond donors (Lipinski definition) is 2. The summed E-state index contributed by atoms with van der Waals surface area (Å²) in [6.45, 7) is 2.02. The molecule has 0 saturated carbocycles. The highest BCUT2D eigenvalue weighted by Crippen LogP contribution is 2.21. The van der Waals surface area contributed by atoms with Crippen LogP contribution in [0.5, 0.6) is 0 Å². The molecule has 0 radical (unpaired) electrons. The van der Waals surface area contributed by atoms with Crippen molar-refractivity contribution in [3.05, 3.63) is 84.2 Å². The molecule has 5 nitrogen and oxygen atoms in total. The first-order chi connectivity index (χ1) is 14.3. The first-order valence-corrected chi connectivity index (χ1v) is 11.7. The number of halogens is 1. The predicted octanol–water partition coefficient (Wildman–Crippen LogP) is 5.06. The van der Waals surface area contributed by atoms with E-state index in [1.165, 1.54) is 54.1 Å². The van der Waals surface area contributed by atoms with Gasteiger partial charge in [0.15, 0.2) is 0 Å². The second-order valence-electron chi connectivity index (χ2n) is 6.57. The summed E-state index contributed by atoms with van der Waals surface area (Å²) in [7, 11) is -3.94. The lowest BCUT2D eigenvalue weighted by Crippen LogP contribution is -2.15. The molecule has 2 N–H and O–H groups in total. The Labute approximate surface area is 179 Å². The van der Waals surface area contributed by atoms with Crippen molar-refractivity contribution in [2.45, 2.75) is 23.1 Å². The molecule has 3 aromatic rings. The van der Waals surface area contributed by atoms with Crippen molar-refractivity contribution in [3.8, 4) is 0 Å². The average Bonchev–Trinajstić information content (AvgIpc) is 2.71. The van der Waals surface area contributed by atoms with Crippen LogP contribution in [0.15, 0.2) is 82.6 Å². The van der Waals surface area contributed by atoms with Gasteiger partial charge >= 0.3 is 0 Å². The fourth-order valence-corrected chi connectivity index (χ4v) is 4.50. The number of nitrogens with one attached hydrogen (secondary N) is 2. The van der Waals surface area contributed by atoms with E-state index in [1.54, 1.807) is 11.8 Å². The van der Waals surface area contributed by atoms with Crippen LogP contribution in [0.1, 0.15) is 12.0 Å². The minimum absolute atomic E-state index is 0.0290. The van der Waals surface area contributed by atoms with Crippen LogP contribution in [0.25, 0.3) is 0 Å². The highest BCUT2D eigenvalue weighted by molar-refractivity contribution is 7.99. The minimum atomic E-state index is -3.94. The highest BCUT2D eigenvalue weighted by Gasteiger charge is 2.16. The van der Waals surface area contributed by atoms with E-state index >= 15 is 0 Å². The van der Waals surface area contributed by atoms with Crippen molar-refractivity contribution >= 4 is 39.1 Å². The standard InChI is InChI=1S/C22H21FN2O3S2/c1-16-6-10-18(11-7-16)29-15-14-22(26)24-17-8-12-19(13-9-17)30(27,28)25-21-5-3-2-4-20(21)23/h2-13,25H,14-15H2,1H3,(H,24,26). The number of benzene rings is 3. The third kappa shape index (κ3) is 6.08. The van der Waals surface area contributed by atoms with Crippen LogP contribution in [-0.4, -0.2) is 20.1 Å². The lowest BCUT2D eigenvalue weighted by atomic mass is 10.2. The first kappa shape index (κ1) is 21.9. The van der Waals surface area contributed by atoms with E-state index in [9.17, 15) is 17.6 Å². The number of sulfonamides is 1. The molecule has 0 aliphatic carbocycles. The van der Waals surface area contributed by atoms with Gasteiger partial charge in [-0.25, -0.2) is 12.8 Å². The van der Waals surface area contributed by atoms with Gasteiger partial charge in [0.1, 0.15) is 5.82 Å². The zero-order valence-electron chi connectivity index (χ0n) is 16.3. The number of aryl methyl sites for hydroxylation is 1. The summed E-state index contributed by atoms with van der Waals surface area (Å²) in [6.07, 6.45) is 0.327. The van der Waals surface area contributed by atoms with E-state index in [0.29, 0.717) is 17.9 Å². The SMILES string of the molecule is Cc1ccc(SCCC(=O)Nc2ccc(S(=O)(=O)Nc3ccccc3F)cc2)cc1. The summed E-state index contributed by atoms with van der Waals surface area (Å²) in [4.78, 5) is 13.2. The molecule has 0 aliphatic heterocycles. The Hall–Kier alpha value is -2.84. The molecule has 8 heteroatoms. The minimum Gasteiger partial charge on any atom is -0.326 e. The number of carbonyl (C=O) groups excluding carboxylic acids is 1. The number of thioether (sulfide) groups is 1. The Morgan fingerprint density at radius 2 is 1.63 bits per heavy atom. The number of para-hydroxylation sites is 1. The molecule has 0 aliphatic rings. The quantitative estimate of drug-likeness (QED) is 0.477. The lowest BCUT2D eigenvalue weighted by Gasteiger charge is -2.10. The van der Waals surface area contributed by atoms with Gasteiger partial charge in [-0.1, -0.05) is 29.8 Å². The van der Waals surface area contributed by atoms with E-state index < -0.39 is 15.8 Å². The van der Waals surface area contributed by atoms with E-state index in [1.807, 2.05) is 31.2 Å². The van der Waals surface area contributed by atoms with Gasteiger partial charge < -0.3 is 5.32 Å². The monoisotopic (exact) mass is 444 g/mol. The van der Waals surface area contributed by atoms with Crippen molar-refractivity contribution in [1.29, 1.82) is 0 Å². The molecule has 3 rings (SSSR count). The maximum Gasteiger partial charge on any atom is 0.261 e. The number of carbonyl (C=O) groups is 1.